The fourth-order valence-corrected chi connectivity index (χ4v) is 1.48. The molecule has 1 aromatic rings. The summed E-state index contributed by atoms with van der Waals surface area (Å²) in [6.07, 6.45) is 1.59. The molecule has 15 heavy (non-hydrogen) atoms. The molecule has 2 N–H and O–H groups in total. The lowest BCUT2D eigenvalue weighted by molar-refractivity contribution is 0.463. The highest BCUT2D eigenvalue weighted by atomic mass is 19.2. The summed E-state index contributed by atoms with van der Waals surface area (Å²) in [6, 6.07) is 3.73. The van der Waals surface area contributed by atoms with Gasteiger partial charge in [-0.3, -0.25) is 0 Å². The van der Waals surface area contributed by atoms with Gasteiger partial charge in [0.05, 0.1) is 0 Å². The molecule has 0 bridgehead atoms. The predicted molar refractivity (Wildman–Crippen MR) is 57.4 cm³/mol. The minimum Gasteiger partial charge on any atom is -0.324 e. The first-order valence-electron chi connectivity index (χ1n) is 5.22. The Labute approximate surface area is 89.3 Å². The molecule has 0 radical (unpaired) electrons. The quantitative estimate of drug-likeness (QED) is 0.815. The zero-order valence-electron chi connectivity index (χ0n) is 9.13. The molecule has 0 saturated carbocycles. The van der Waals surface area contributed by atoms with Gasteiger partial charge in [0.1, 0.15) is 0 Å². The fraction of sp³-hybridized carbons (Fsp3) is 0.500. The molecular formula is C12H17F2N. The van der Waals surface area contributed by atoms with Crippen molar-refractivity contribution < 1.29 is 8.78 Å². The highest BCUT2D eigenvalue weighted by Crippen LogP contribution is 2.22. The predicted octanol–water partition coefficient (Wildman–Crippen LogP) is 3.40. The Balaban J connectivity index is 2.73. The lowest BCUT2D eigenvalue weighted by Crippen LogP contribution is -2.13. The third-order valence-electron chi connectivity index (χ3n) is 2.44. The van der Waals surface area contributed by atoms with Crippen LogP contribution >= 0.6 is 0 Å². The Kier molecular flexibility index (Phi) is 4.21. The lowest BCUT2D eigenvalue weighted by atomic mass is 9.98. The second kappa shape index (κ2) is 5.21. The lowest BCUT2D eigenvalue weighted by Gasteiger charge is -2.14. The van der Waals surface area contributed by atoms with E-state index in [-0.39, 0.29) is 5.56 Å². The molecule has 84 valence electrons. The molecule has 0 aliphatic rings. The Morgan fingerprint density at radius 1 is 1.20 bits per heavy atom. The van der Waals surface area contributed by atoms with Crippen LogP contribution in [-0.2, 0) is 0 Å². The van der Waals surface area contributed by atoms with Crippen molar-refractivity contribution in [2.75, 3.05) is 0 Å². The van der Waals surface area contributed by atoms with Crippen molar-refractivity contribution in [3.8, 4) is 0 Å². The molecule has 1 unspecified atom stereocenters. The van der Waals surface area contributed by atoms with Crippen LogP contribution in [0.5, 0.6) is 0 Å². The van der Waals surface area contributed by atoms with Crippen LogP contribution in [-0.4, -0.2) is 0 Å². The molecule has 1 aromatic carbocycles. The summed E-state index contributed by atoms with van der Waals surface area (Å²) >= 11 is 0. The smallest absolute Gasteiger partial charge is 0.163 e. The maximum Gasteiger partial charge on any atom is 0.163 e. The van der Waals surface area contributed by atoms with Gasteiger partial charge in [-0.2, -0.15) is 0 Å². The van der Waals surface area contributed by atoms with Gasteiger partial charge in [0.25, 0.3) is 0 Å². The van der Waals surface area contributed by atoms with E-state index in [1.54, 1.807) is 6.07 Å². The van der Waals surface area contributed by atoms with Crippen LogP contribution in [0.2, 0.25) is 0 Å². The van der Waals surface area contributed by atoms with E-state index in [4.69, 9.17) is 5.73 Å². The van der Waals surface area contributed by atoms with Crippen molar-refractivity contribution >= 4 is 0 Å². The topological polar surface area (TPSA) is 26.0 Å². The first kappa shape index (κ1) is 12.1. The Bertz CT molecular complexity index is 323. The highest BCUT2D eigenvalue weighted by Gasteiger charge is 2.14. The van der Waals surface area contributed by atoms with E-state index < -0.39 is 17.7 Å². The van der Waals surface area contributed by atoms with Gasteiger partial charge in [-0.25, -0.2) is 8.78 Å². The first-order chi connectivity index (χ1) is 7.02. The number of nitrogens with two attached hydrogens (primary N) is 1. The van der Waals surface area contributed by atoms with Crippen LogP contribution < -0.4 is 5.73 Å². The zero-order valence-corrected chi connectivity index (χ0v) is 9.13. The molecule has 0 heterocycles. The maximum absolute atomic E-state index is 13.3. The molecule has 1 atom stereocenters. The highest BCUT2D eigenvalue weighted by molar-refractivity contribution is 5.22. The second-order valence-electron chi connectivity index (χ2n) is 4.22. The van der Waals surface area contributed by atoms with Gasteiger partial charge in [-0.05, 0) is 24.8 Å². The molecule has 0 fully saturated rings. The van der Waals surface area contributed by atoms with E-state index in [0.717, 1.165) is 12.5 Å². The number of hydrogen-bond acceptors (Lipinski definition) is 1. The molecule has 0 aliphatic heterocycles. The van der Waals surface area contributed by atoms with Crippen LogP contribution in [0.25, 0.3) is 0 Å². The minimum absolute atomic E-state index is 0.274. The summed E-state index contributed by atoms with van der Waals surface area (Å²) in [6.45, 7) is 4.16. The third kappa shape index (κ3) is 3.27. The summed E-state index contributed by atoms with van der Waals surface area (Å²) in [5, 5.41) is 0. The van der Waals surface area contributed by atoms with Crippen LogP contribution in [0, 0.1) is 17.6 Å². The van der Waals surface area contributed by atoms with E-state index in [0.29, 0.717) is 12.3 Å². The van der Waals surface area contributed by atoms with Gasteiger partial charge in [0, 0.05) is 11.6 Å². The summed E-state index contributed by atoms with van der Waals surface area (Å²) in [4.78, 5) is 0. The average molecular weight is 213 g/mol. The van der Waals surface area contributed by atoms with E-state index in [1.807, 2.05) is 0 Å². The van der Waals surface area contributed by atoms with Crippen molar-refractivity contribution in [3.63, 3.8) is 0 Å². The van der Waals surface area contributed by atoms with E-state index in [9.17, 15) is 8.78 Å². The zero-order chi connectivity index (χ0) is 11.4. The molecule has 0 saturated heterocycles. The maximum atomic E-state index is 13.3. The number of halogens is 2. The molecule has 0 spiro atoms. The molecule has 0 aliphatic carbocycles. The molecule has 1 nitrogen and oxygen atoms in total. The standard InChI is InChI=1S/C12H17F2N/c1-8(2)6-7-11(15)9-4-3-5-10(13)12(9)14/h3-5,8,11H,6-7,15H2,1-2H3. The Hall–Kier alpha value is -0.960. The molecule has 3 heteroatoms. The Morgan fingerprint density at radius 2 is 1.87 bits per heavy atom. The van der Waals surface area contributed by atoms with Crippen molar-refractivity contribution in [2.45, 2.75) is 32.7 Å². The molecule has 1 rings (SSSR count). The van der Waals surface area contributed by atoms with Gasteiger partial charge < -0.3 is 5.73 Å². The second-order valence-corrected chi connectivity index (χ2v) is 4.22. The van der Waals surface area contributed by atoms with E-state index in [2.05, 4.69) is 13.8 Å². The van der Waals surface area contributed by atoms with Crippen molar-refractivity contribution in [2.24, 2.45) is 11.7 Å². The van der Waals surface area contributed by atoms with Crippen LogP contribution in [0.1, 0.15) is 38.3 Å². The summed E-state index contributed by atoms with van der Waals surface area (Å²) in [5.74, 6) is -1.12. The molecule has 0 amide bonds. The summed E-state index contributed by atoms with van der Waals surface area (Å²) < 4.78 is 26.2. The van der Waals surface area contributed by atoms with E-state index >= 15 is 0 Å². The largest absolute Gasteiger partial charge is 0.324 e. The van der Waals surface area contributed by atoms with Crippen molar-refractivity contribution in [3.05, 3.63) is 35.4 Å². The molecule has 0 aromatic heterocycles. The van der Waals surface area contributed by atoms with Gasteiger partial charge >= 0.3 is 0 Å². The monoisotopic (exact) mass is 213 g/mol. The van der Waals surface area contributed by atoms with E-state index in [1.165, 1.54) is 6.07 Å². The normalized spacial score (nSPS) is 13.2. The number of benzene rings is 1. The first-order valence-corrected chi connectivity index (χ1v) is 5.22. The van der Waals surface area contributed by atoms with Crippen LogP contribution in [0.15, 0.2) is 18.2 Å². The van der Waals surface area contributed by atoms with Gasteiger partial charge in [0.15, 0.2) is 11.6 Å². The van der Waals surface area contributed by atoms with Crippen molar-refractivity contribution in [1.82, 2.24) is 0 Å². The molecular weight excluding hydrogens is 196 g/mol. The van der Waals surface area contributed by atoms with Gasteiger partial charge in [-0.15, -0.1) is 0 Å². The van der Waals surface area contributed by atoms with Crippen LogP contribution in [0.3, 0.4) is 0 Å². The van der Waals surface area contributed by atoms with Crippen LogP contribution in [0.4, 0.5) is 8.78 Å². The minimum atomic E-state index is -0.826. The average Bonchev–Trinajstić information content (AvgIpc) is 2.18. The SMILES string of the molecule is CC(C)CCC(N)c1cccc(F)c1F. The van der Waals surface area contributed by atoms with Gasteiger partial charge in [-0.1, -0.05) is 26.0 Å². The number of rotatable bonds is 4. The Morgan fingerprint density at radius 3 is 2.47 bits per heavy atom. The number of hydrogen-bond donors (Lipinski definition) is 1. The summed E-state index contributed by atoms with van der Waals surface area (Å²) in [5.41, 5.74) is 6.08. The van der Waals surface area contributed by atoms with Crippen molar-refractivity contribution in [1.29, 1.82) is 0 Å². The fourth-order valence-electron chi connectivity index (χ4n) is 1.48. The van der Waals surface area contributed by atoms with Gasteiger partial charge in [0.2, 0.25) is 0 Å². The third-order valence-corrected chi connectivity index (χ3v) is 2.44. The summed E-state index contributed by atoms with van der Waals surface area (Å²) in [7, 11) is 0.